The molecule has 0 aliphatic carbocycles. The maximum atomic E-state index is 13.0. The van der Waals surface area contributed by atoms with Gasteiger partial charge in [-0.1, -0.05) is 30.3 Å². The summed E-state index contributed by atoms with van der Waals surface area (Å²) in [7, 11) is 0. The molecule has 14 heteroatoms. The Kier molecular flexibility index (Phi) is 11.6. The van der Waals surface area contributed by atoms with Crippen molar-refractivity contribution < 1.29 is 29.1 Å². The average molecular weight is 534 g/mol. The van der Waals surface area contributed by atoms with Crippen LogP contribution in [0.5, 0.6) is 0 Å². The number of aliphatic carboxylic acids is 1. The quantitative estimate of drug-likeness (QED) is 0.122. The van der Waals surface area contributed by atoms with Gasteiger partial charge in [-0.2, -0.15) is 12.6 Å². The van der Waals surface area contributed by atoms with Crippen LogP contribution in [0.2, 0.25) is 0 Å². The standard InChI is InChI=1S/C23H31N7O6S/c24-15(9-14-10-26-12-27-14)20(32)28-16(6-7-19(25)31)21(33)30-18(11-37)22(34)29-17(23(35)36)8-13-4-2-1-3-5-13/h1-5,10,12,15-18,37H,6-9,11,24H2,(H2,25,31)(H,26,27)(H,28,32)(H,29,34)(H,30,33)(H,35,36). The van der Waals surface area contributed by atoms with Gasteiger partial charge in [-0.05, 0) is 12.0 Å². The molecule has 13 nitrogen and oxygen atoms in total. The molecule has 9 N–H and O–H groups in total. The first-order valence-electron chi connectivity index (χ1n) is 11.4. The molecular weight excluding hydrogens is 502 g/mol. The number of aromatic nitrogens is 2. The number of thiol groups is 1. The highest BCUT2D eigenvalue weighted by molar-refractivity contribution is 7.80. The van der Waals surface area contributed by atoms with Crippen LogP contribution in [-0.2, 0) is 36.8 Å². The zero-order valence-electron chi connectivity index (χ0n) is 19.9. The average Bonchev–Trinajstić information content (AvgIpc) is 3.37. The van der Waals surface area contributed by atoms with E-state index in [-0.39, 0.29) is 31.4 Å². The smallest absolute Gasteiger partial charge is 0.326 e. The van der Waals surface area contributed by atoms with Crippen LogP contribution in [0.4, 0.5) is 0 Å². The number of carboxylic acids is 1. The summed E-state index contributed by atoms with van der Waals surface area (Å²) >= 11 is 4.09. The van der Waals surface area contributed by atoms with Gasteiger partial charge < -0.3 is 37.5 Å². The monoisotopic (exact) mass is 533 g/mol. The second kappa shape index (κ2) is 14.6. The summed E-state index contributed by atoms with van der Waals surface area (Å²) in [5.74, 6) is -4.33. The Morgan fingerprint density at radius 3 is 2.14 bits per heavy atom. The van der Waals surface area contributed by atoms with Crippen LogP contribution in [0, 0.1) is 0 Å². The molecule has 0 saturated heterocycles. The van der Waals surface area contributed by atoms with Gasteiger partial charge in [0.2, 0.25) is 23.6 Å². The van der Waals surface area contributed by atoms with E-state index in [0.29, 0.717) is 11.3 Å². The van der Waals surface area contributed by atoms with Crippen LogP contribution in [0.15, 0.2) is 42.9 Å². The van der Waals surface area contributed by atoms with Crippen molar-refractivity contribution in [3.05, 3.63) is 54.1 Å². The number of primary amides is 1. The van der Waals surface area contributed by atoms with E-state index in [1.165, 1.54) is 12.5 Å². The maximum absolute atomic E-state index is 13.0. The Labute approximate surface area is 218 Å². The highest BCUT2D eigenvalue weighted by Crippen LogP contribution is 2.06. The van der Waals surface area contributed by atoms with E-state index in [1.807, 2.05) is 0 Å². The second-order valence-corrected chi connectivity index (χ2v) is 8.65. The Bertz CT molecular complexity index is 1070. The van der Waals surface area contributed by atoms with Gasteiger partial charge in [-0.3, -0.25) is 19.2 Å². The fraction of sp³-hybridized carbons (Fsp3) is 0.391. The number of aromatic amines is 1. The second-order valence-electron chi connectivity index (χ2n) is 8.29. The summed E-state index contributed by atoms with van der Waals surface area (Å²) in [6, 6.07) is 3.99. The third-order valence-corrected chi connectivity index (χ3v) is 5.72. The predicted molar refractivity (Wildman–Crippen MR) is 136 cm³/mol. The number of nitrogens with zero attached hydrogens (tertiary/aromatic N) is 1. The number of H-pyrrole nitrogens is 1. The first-order valence-corrected chi connectivity index (χ1v) is 12.0. The number of carbonyl (C=O) groups is 5. The van der Waals surface area contributed by atoms with Gasteiger partial charge in [0.05, 0.1) is 12.4 Å². The molecule has 2 aromatic rings. The lowest BCUT2D eigenvalue weighted by Crippen LogP contribution is -2.58. The number of nitrogens with two attached hydrogens (primary N) is 2. The number of amides is 4. The summed E-state index contributed by atoms with van der Waals surface area (Å²) in [5, 5.41) is 16.9. The van der Waals surface area contributed by atoms with Gasteiger partial charge in [0.1, 0.15) is 18.1 Å². The van der Waals surface area contributed by atoms with Crippen molar-refractivity contribution in [3.8, 4) is 0 Å². The van der Waals surface area contributed by atoms with Crippen LogP contribution in [0.25, 0.3) is 0 Å². The van der Waals surface area contributed by atoms with Gasteiger partial charge in [0.25, 0.3) is 0 Å². The van der Waals surface area contributed by atoms with E-state index < -0.39 is 53.8 Å². The summed E-state index contributed by atoms with van der Waals surface area (Å²) in [6.07, 6.45) is 2.72. The van der Waals surface area contributed by atoms with E-state index in [1.54, 1.807) is 30.3 Å². The molecule has 0 spiro atoms. The summed E-state index contributed by atoms with van der Waals surface area (Å²) in [4.78, 5) is 68.0. The molecule has 0 aliphatic rings. The van der Waals surface area contributed by atoms with E-state index in [0.717, 1.165) is 0 Å². The minimum absolute atomic E-state index is 0.0284. The minimum Gasteiger partial charge on any atom is -0.480 e. The Morgan fingerprint density at radius 1 is 0.946 bits per heavy atom. The number of rotatable bonds is 15. The number of carboxylic acid groups (broad SMARTS) is 1. The molecule has 1 heterocycles. The van der Waals surface area contributed by atoms with Crippen LogP contribution < -0.4 is 27.4 Å². The number of imidazole rings is 1. The van der Waals surface area contributed by atoms with Gasteiger partial charge in [-0.15, -0.1) is 0 Å². The first-order chi connectivity index (χ1) is 17.6. The summed E-state index contributed by atoms with van der Waals surface area (Å²) in [5.41, 5.74) is 12.4. The Morgan fingerprint density at radius 2 is 1.57 bits per heavy atom. The number of hydrogen-bond acceptors (Lipinski definition) is 8. The minimum atomic E-state index is -1.25. The highest BCUT2D eigenvalue weighted by Gasteiger charge is 2.30. The third kappa shape index (κ3) is 9.93. The molecule has 4 atom stereocenters. The summed E-state index contributed by atoms with van der Waals surface area (Å²) in [6.45, 7) is 0. The Balaban J connectivity index is 2.05. The lowest BCUT2D eigenvalue weighted by molar-refractivity contribution is -0.142. The molecule has 0 bridgehead atoms. The fourth-order valence-corrected chi connectivity index (χ4v) is 3.61. The van der Waals surface area contributed by atoms with E-state index >= 15 is 0 Å². The molecule has 4 amide bonds. The maximum Gasteiger partial charge on any atom is 0.326 e. The van der Waals surface area contributed by atoms with Crippen LogP contribution in [0.3, 0.4) is 0 Å². The third-order valence-electron chi connectivity index (χ3n) is 5.36. The zero-order valence-corrected chi connectivity index (χ0v) is 20.8. The highest BCUT2D eigenvalue weighted by atomic mass is 32.1. The van der Waals surface area contributed by atoms with Crippen molar-refractivity contribution in [1.82, 2.24) is 25.9 Å². The van der Waals surface area contributed by atoms with Gasteiger partial charge in [-0.25, -0.2) is 9.78 Å². The van der Waals surface area contributed by atoms with E-state index in [2.05, 4.69) is 38.5 Å². The number of carbonyl (C=O) groups excluding carboxylic acids is 4. The zero-order chi connectivity index (χ0) is 27.4. The van der Waals surface area contributed by atoms with Crippen molar-refractivity contribution in [2.45, 2.75) is 49.9 Å². The number of hydrogen-bond donors (Lipinski definition) is 8. The predicted octanol–water partition coefficient (Wildman–Crippen LogP) is -1.74. The van der Waals surface area contributed by atoms with Crippen molar-refractivity contribution in [1.29, 1.82) is 0 Å². The molecule has 37 heavy (non-hydrogen) atoms. The Hall–Kier alpha value is -3.91. The van der Waals surface area contributed by atoms with Crippen molar-refractivity contribution in [3.63, 3.8) is 0 Å². The molecule has 0 radical (unpaired) electrons. The normalized spacial score (nSPS) is 14.0. The molecule has 0 fully saturated rings. The van der Waals surface area contributed by atoms with Crippen LogP contribution in [0.1, 0.15) is 24.1 Å². The largest absolute Gasteiger partial charge is 0.480 e. The van der Waals surface area contributed by atoms with Crippen LogP contribution in [-0.4, -0.2) is 74.6 Å². The molecule has 0 aliphatic heterocycles. The SMILES string of the molecule is NC(=O)CCC(NC(=O)C(N)Cc1cnc[nH]1)C(=O)NC(CS)C(=O)NC(Cc1ccccc1)C(=O)O. The molecular formula is C23H31N7O6S. The van der Waals surface area contributed by atoms with E-state index in [4.69, 9.17) is 11.5 Å². The van der Waals surface area contributed by atoms with Gasteiger partial charge in [0, 0.05) is 36.9 Å². The molecule has 4 unspecified atom stereocenters. The van der Waals surface area contributed by atoms with Crippen molar-refractivity contribution in [2.24, 2.45) is 11.5 Å². The lowest BCUT2D eigenvalue weighted by atomic mass is 10.1. The topological polar surface area (TPSA) is 222 Å². The van der Waals surface area contributed by atoms with Gasteiger partial charge in [0.15, 0.2) is 0 Å². The van der Waals surface area contributed by atoms with Crippen LogP contribution >= 0.6 is 12.6 Å². The number of benzene rings is 1. The van der Waals surface area contributed by atoms with Gasteiger partial charge >= 0.3 is 5.97 Å². The first kappa shape index (κ1) is 29.3. The molecule has 0 saturated carbocycles. The molecule has 200 valence electrons. The lowest BCUT2D eigenvalue weighted by Gasteiger charge is -2.24. The molecule has 1 aromatic heterocycles. The fourth-order valence-electron chi connectivity index (χ4n) is 3.35. The molecule has 1 aromatic carbocycles. The van der Waals surface area contributed by atoms with E-state index in [9.17, 15) is 29.1 Å². The van der Waals surface area contributed by atoms with Crippen molar-refractivity contribution >= 4 is 42.2 Å². The number of nitrogens with one attached hydrogen (secondary N) is 4. The summed E-state index contributed by atoms with van der Waals surface area (Å²) < 4.78 is 0. The molecule has 2 rings (SSSR count). The van der Waals surface area contributed by atoms with Crippen molar-refractivity contribution in [2.75, 3.05) is 5.75 Å².